The number of hydrogen-bond acceptors (Lipinski definition) is 4. The van der Waals surface area contributed by atoms with Gasteiger partial charge < -0.3 is 21.1 Å². The van der Waals surface area contributed by atoms with E-state index in [0.29, 0.717) is 12.0 Å². The molecule has 0 amide bonds. The fourth-order valence-electron chi connectivity index (χ4n) is 6.94. The zero-order valence-electron chi connectivity index (χ0n) is 24.4. The molecule has 39 heavy (non-hydrogen) atoms. The third-order valence-electron chi connectivity index (χ3n) is 9.36. The molecule has 3 aromatic carbocycles. The van der Waals surface area contributed by atoms with Gasteiger partial charge in [-0.3, -0.25) is 0 Å². The van der Waals surface area contributed by atoms with E-state index in [1.165, 1.54) is 47.1 Å². The number of ether oxygens (including phenoxy) is 1. The number of benzene rings is 3. The van der Waals surface area contributed by atoms with Crippen LogP contribution >= 0.6 is 0 Å². The predicted octanol–water partition coefficient (Wildman–Crippen LogP) is 6.85. The minimum absolute atomic E-state index is 0.221. The molecule has 0 aromatic heterocycles. The van der Waals surface area contributed by atoms with Crippen LogP contribution in [0.25, 0.3) is 0 Å². The molecule has 2 aliphatic heterocycles. The Bertz CT molecular complexity index is 1160. The molecule has 0 bridgehead atoms. The SMILES string of the molecule is Cc1c(C)c2c(c(C)c1N)CC(C)(CC(CC1CCNCC1)NCCC(c1ccccc1)c1ccccc1)O2. The molecule has 0 radical (unpaired) electrons. The topological polar surface area (TPSA) is 59.3 Å². The molecular weight excluding hydrogens is 478 g/mol. The second kappa shape index (κ2) is 12.1. The van der Waals surface area contributed by atoms with Crippen molar-refractivity contribution < 1.29 is 4.74 Å². The van der Waals surface area contributed by atoms with Crippen molar-refractivity contribution in [3.05, 3.63) is 94.0 Å². The highest BCUT2D eigenvalue weighted by atomic mass is 16.5. The summed E-state index contributed by atoms with van der Waals surface area (Å²) in [5, 5.41) is 7.58. The van der Waals surface area contributed by atoms with Crippen molar-refractivity contribution in [1.82, 2.24) is 10.6 Å². The molecule has 0 aliphatic carbocycles. The molecule has 4 nitrogen and oxygen atoms in total. The minimum atomic E-state index is -0.221. The van der Waals surface area contributed by atoms with Gasteiger partial charge in [0.2, 0.25) is 0 Å². The van der Waals surface area contributed by atoms with E-state index < -0.39 is 0 Å². The van der Waals surface area contributed by atoms with Gasteiger partial charge >= 0.3 is 0 Å². The summed E-state index contributed by atoms with van der Waals surface area (Å²) in [6, 6.07) is 22.4. The average molecular weight is 526 g/mol. The molecule has 0 saturated carbocycles. The van der Waals surface area contributed by atoms with Crippen LogP contribution in [0.2, 0.25) is 0 Å². The van der Waals surface area contributed by atoms with Crippen molar-refractivity contribution in [3.8, 4) is 5.75 Å². The number of hydrogen-bond donors (Lipinski definition) is 3. The van der Waals surface area contributed by atoms with Crippen molar-refractivity contribution >= 4 is 5.69 Å². The van der Waals surface area contributed by atoms with Crippen LogP contribution in [-0.4, -0.2) is 31.3 Å². The largest absolute Gasteiger partial charge is 0.487 e. The van der Waals surface area contributed by atoms with Gasteiger partial charge in [0.15, 0.2) is 0 Å². The van der Waals surface area contributed by atoms with Crippen LogP contribution in [0, 0.1) is 26.7 Å². The standard InChI is InChI=1S/C35H47N3O/c1-24-25(2)34-32(26(3)33(24)36)23-35(4,39-34)22-30(21-27-15-18-37-19-16-27)38-20-17-31(28-11-7-5-8-12-28)29-13-9-6-10-14-29/h5-14,27,30-31,37-38H,15-23,36H2,1-4H3. The van der Waals surface area contributed by atoms with Gasteiger partial charge in [0, 0.05) is 36.1 Å². The van der Waals surface area contributed by atoms with E-state index in [0.717, 1.165) is 61.8 Å². The number of fused-ring (bicyclic) bond motifs is 1. The number of nitrogens with two attached hydrogens (primary N) is 1. The molecule has 4 N–H and O–H groups in total. The van der Waals surface area contributed by atoms with Crippen LogP contribution in [0.5, 0.6) is 5.75 Å². The highest BCUT2D eigenvalue weighted by molar-refractivity contribution is 5.66. The van der Waals surface area contributed by atoms with E-state index in [4.69, 9.17) is 10.5 Å². The van der Waals surface area contributed by atoms with Crippen LogP contribution < -0.4 is 21.1 Å². The average Bonchev–Trinajstić information content (AvgIpc) is 3.32. The maximum Gasteiger partial charge on any atom is 0.127 e. The van der Waals surface area contributed by atoms with Crippen molar-refractivity contribution in [2.45, 2.75) is 83.8 Å². The lowest BCUT2D eigenvalue weighted by molar-refractivity contribution is 0.0852. The molecule has 0 spiro atoms. The highest BCUT2D eigenvalue weighted by Gasteiger charge is 2.40. The normalized spacial score (nSPS) is 20.1. The van der Waals surface area contributed by atoms with Crippen LogP contribution in [0.15, 0.2) is 60.7 Å². The highest BCUT2D eigenvalue weighted by Crippen LogP contribution is 2.45. The van der Waals surface area contributed by atoms with E-state index in [9.17, 15) is 0 Å². The van der Waals surface area contributed by atoms with E-state index in [1.54, 1.807) is 0 Å². The monoisotopic (exact) mass is 525 g/mol. The zero-order valence-corrected chi connectivity index (χ0v) is 24.4. The van der Waals surface area contributed by atoms with Crippen molar-refractivity contribution in [2.24, 2.45) is 5.92 Å². The fourth-order valence-corrected chi connectivity index (χ4v) is 6.94. The Morgan fingerprint density at radius 1 is 0.923 bits per heavy atom. The molecular formula is C35H47N3O. The van der Waals surface area contributed by atoms with Crippen molar-refractivity contribution in [3.63, 3.8) is 0 Å². The number of nitrogen functional groups attached to an aromatic ring is 1. The van der Waals surface area contributed by atoms with Crippen LogP contribution in [-0.2, 0) is 6.42 Å². The van der Waals surface area contributed by atoms with Gasteiger partial charge in [-0.15, -0.1) is 0 Å². The second-order valence-corrected chi connectivity index (χ2v) is 12.3. The Kier molecular flexibility index (Phi) is 8.64. The summed E-state index contributed by atoms with van der Waals surface area (Å²) in [6.45, 7) is 12.0. The predicted molar refractivity (Wildman–Crippen MR) is 164 cm³/mol. The molecule has 2 aliphatic rings. The van der Waals surface area contributed by atoms with E-state index in [2.05, 4.69) is 99.0 Å². The molecule has 1 saturated heterocycles. The smallest absolute Gasteiger partial charge is 0.127 e. The van der Waals surface area contributed by atoms with Gasteiger partial charge in [-0.25, -0.2) is 0 Å². The third-order valence-corrected chi connectivity index (χ3v) is 9.36. The number of nitrogens with one attached hydrogen (secondary N) is 2. The Hall–Kier alpha value is -2.82. The fraction of sp³-hybridized carbons (Fsp3) is 0.486. The summed E-state index contributed by atoms with van der Waals surface area (Å²) in [5.41, 5.74) is 14.8. The first-order valence-corrected chi connectivity index (χ1v) is 15.0. The lowest BCUT2D eigenvalue weighted by Crippen LogP contribution is -2.43. The Morgan fingerprint density at radius 2 is 1.54 bits per heavy atom. The summed E-state index contributed by atoms with van der Waals surface area (Å²) < 4.78 is 6.82. The number of piperidine rings is 1. The van der Waals surface area contributed by atoms with E-state index in [1.807, 2.05) is 0 Å². The van der Waals surface area contributed by atoms with Crippen molar-refractivity contribution in [2.75, 3.05) is 25.4 Å². The van der Waals surface area contributed by atoms with Gasteiger partial charge in [-0.1, -0.05) is 60.7 Å². The maximum absolute atomic E-state index is 6.82. The van der Waals surface area contributed by atoms with Gasteiger partial charge in [0.25, 0.3) is 0 Å². The van der Waals surface area contributed by atoms with Crippen LogP contribution in [0.4, 0.5) is 5.69 Å². The molecule has 1 fully saturated rings. The lowest BCUT2D eigenvalue weighted by Gasteiger charge is -2.33. The van der Waals surface area contributed by atoms with Crippen LogP contribution in [0.1, 0.15) is 78.3 Å². The van der Waals surface area contributed by atoms with E-state index in [-0.39, 0.29) is 5.60 Å². The Balaban J connectivity index is 1.32. The Labute approximate surface area is 235 Å². The van der Waals surface area contributed by atoms with Gasteiger partial charge in [-0.2, -0.15) is 0 Å². The van der Waals surface area contributed by atoms with Gasteiger partial charge in [-0.05, 0) is 107 Å². The molecule has 208 valence electrons. The quantitative estimate of drug-likeness (QED) is 0.253. The minimum Gasteiger partial charge on any atom is -0.487 e. The summed E-state index contributed by atoms with van der Waals surface area (Å²) in [6.07, 6.45) is 6.74. The number of rotatable bonds is 10. The zero-order chi connectivity index (χ0) is 27.4. The lowest BCUT2D eigenvalue weighted by atomic mass is 9.83. The molecule has 2 unspecified atom stereocenters. The molecule has 3 aromatic rings. The summed E-state index contributed by atoms with van der Waals surface area (Å²) in [4.78, 5) is 0. The summed E-state index contributed by atoms with van der Waals surface area (Å²) in [5.74, 6) is 2.23. The first-order valence-electron chi connectivity index (χ1n) is 15.0. The Morgan fingerprint density at radius 3 is 2.15 bits per heavy atom. The molecule has 4 heteroatoms. The second-order valence-electron chi connectivity index (χ2n) is 12.3. The van der Waals surface area contributed by atoms with Gasteiger partial charge in [0.1, 0.15) is 11.4 Å². The molecule has 2 heterocycles. The van der Waals surface area contributed by atoms with Gasteiger partial charge in [0.05, 0.1) is 0 Å². The summed E-state index contributed by atoms with van der Waals surface area (Å²) in [7, 11) is 0. The maximum atomic E-state index is 6.82. The first-order chi connectivity index (χ1) is 18.8. The molecule has 2 atom stereocenters. The number of anilines is 1. The van der Waals surface area contributed by atoms with Crippen molar-refractivity contribution in [1.29, 1.82) is 0 Å². The van der Waals surface area contributed by atoms with E-state index >= 15 is 0 Å². The molecule has 5 rings (SSSR count). The van der Waals surface area contributed by atoms with Crippen LogP contribution in [0.3, 0.4) is 0 Å². The third kappa shape index (κ3) is 6.34. The first kappa shape index (κ1) is 27.7. The summed E-state index contributed by atoms with van der Waals surface area (Å²) >= 11 is 0.